The Morgan fingerprint density at radius 3 is 2.91 bits per heavy atom. The third-order valence-electron chi connectivity index (χ3n) is 4.55. The lowest BCUT2D eigenvalue weighted by atomic mass is 9.92. The third-order valence-corrected chi connectivity index (χ3v) is 4.55. The standard InChI is InChI=1S/C16H20N4O3/c1-12-6-8-18(10-14(12)19-9-7-17-11-19)13-4-3-5-15(23-2)16(13)20(21)22/h3-5,7,9,11-12,14H,6,8,10H2,1-2H3. The highest BCUT2D eigenvalue weighted by Crippen LogP contribution is 2.40. The van der Waals surface area contributed by atoms with E-state index >= 15 is 0 Å². The Morgan fingerprint density at radius 1 is 1.43 bits per heavy atom. The van der Waals surface area contributed by atoms with Crippen LogP contribution in [-0.4, -0.2) is 34.7 Å². The molecule has 0 spiro atoms. The fourth-order valence-corrected chi connectivity index (χ4v) is 3.24. The second-order valence-electron chi connectivity index (χ2n) is 5.87. The van der Waals surface area contributed by atoms with Crippen molar-refractivity contribution in [3.63, 3.8) is 0 Å². The number of imidazole rings is 1. The van der Waals surface area contributed by atoms with Gasteiger partial charge in [-0.1, -0.05) is 13.0 Å². The maximum absolute atomic E-state index is 11.5. The van der Waals surface area contributed by atoms with Gasteiger partial charge in [-0.15, -0.1) is 0 Å². The van der Waals surface area contributed by atoms with Crippen molar-refractivity contribution in [2.75, 3.05) is 25.1 Å². The number of anilines is 1. The lowest BCUT2D eigenvalue weighted by molar-refractivity contribution is -0.385. The fourth-order valence-electron chi connectivity index (χ4n) is 3.24. The number of benzene rings is 1. The van der Waals surface area contributed by atoms with Crippen molar-refractivity contribution in [1.82, 2.24) is 9.55 Å². The first-order chi connectivity index (χ1) is 11.1. The molecule has 0 aliphatic carbocycles. The van der Waals surface area contributed by atoms with Crippen LogP contribution in [0.2, 0.25) is 0 Å². The summed E-state index contributed by atoms with van der Waals surface area (Å²) >= 11 is 0. The molecule has 7 heteroatoms. The molecule has 122 valence electrons. The topological polar surface area (TPSA) is 73.4 Å². The van der Waals surface area contributed by atoms with E-state index in [1.807, 2.05) is 12.5 Å². The van der Waals surface area contributed by atoms with Crippen molar-refractivity contribution >= 4 is 11.4 Å². The van der Waals surface area contributed by atoms with Crippen molar-refractivity contribution < 1.29 is 9.66 Å². The lowest BCUT2D eigenvalue weighted by Crippen LogP contribution is -2.40. The van der Waals surface area contributed by atoms with Crippen LogP contribution in [0.3, 0.4) is 0 Å². The van der Waals surface area contributed by atoms with E-state index in [2.05, 4.69) is 21.4 Å². The van der Waals surface area contributed by atoms with Crippen molar-refractivity contribution in [3.8, 4) is 5.75 Å². The highest BCUT2D eigenvalue weighted by molar-refractivity contribution is 5.70. The summed E-state index contributed by atoms with van der Waals surface area (Å²) in [4.78, 5) is 17.3. The number of piperidine rings is 1. The maximum atomic E-state index is 11.5. The third kappa shape index (κ3) is 2.86. The molecule has 3 rings (SSSR count). The van der Waals surface area contributed by atoms with Gasteiger partial charge < -0.3 is 14.2 Å². The molecule has 2 aromatic rings. The quantitative estimate of drug-likeness (QED) is 0.640. The summed E-state index contributed by atoms with van der Waals surface area (Å²) in [5.41, 5.74) is 0.653. The van der Waals surface area contributed by atoms with Gasteiger partial charge in [0.15, 0.2) is 5.75 Å². The van der Waals surface area contributed by atoms with Crippen LogP contribution in [0.25, 0.3) is 0 Å². The summed E-state index contributed by atoms with van der Waals surface area (Å²) in [5.74, 6) is 0.787. The molecule has 0 saturated carbocycles. The fraction of sp³-hybridized carbons (Fsp3) is 0.438. The highest BCUT2D eigenvalue weighted by Gasteiger charge is 2.32. The summed E-state index contributed by atoms with van der Waals surface area (Å²) < 4.78 is 7.26. The summed E-state index contributed by atoms with van der Waals surface area (Å²) in [6.07, 6.45) is 6.49. The van der Waals surface area contributed by atoms with E-state index in [1.54, 1.807) is 24.4 Å². The van der Waals surface area contributed by atoms with Crippen LogP contribution >= 0.6 is 0 Å². The van der Waals surface area contributed by atoms with Crippen LogP contribution < -0.4 is 9.64 Å². The van der Waals surface area contributed by atoms with Crippen molar-refractivity contribution in [3.05, 3.63) is 47.0 Å². The van der Waals surface area contributed by atoms with E-state index in [-0.39, 0.29) is 16.7 Å². The van der Waals surface area contributed by atoms with Gasteiger partial charge in [-0.3, -0.25) is 10.1 Å². The first-order valence-electron chi connectivity index (χ1n) is 7.65. The summed E-state index contributed by atoms with van der Waals surface area (Å²) in [6.45, 7) is 3.72. The van der Waals surface area contributed by atoms with E-state index in [0.29, 0.717) is 23.9 Å². The zero-order valence-electron chi connectivity index (χ0n) is 13.3. The molecule has 0 bridgehead atoms. The first-order valence-corrected chi connectivity index (χ1v) is 7.65. The summed E-state index contributed by atoms with van der Waals surface area (Å²) in [5, 5.41) is 11.5. The Balaban J connectivity index is 1.94. The number of rotatable bonds is 4. The van der Waals surface area contributed by atoms with E-state index in [4.69, 9.17) is 4.74 Å². The van der Waals surface area contributed by atoms with Gasteiger partial charge in [0.1, 0.15) is 5.69 Å². The SMILES string of the molecule is COc1cccc(N2CCC(C)C(n3ccnc3)C2)c1[N+](=O)[O-]. The van der Waals surface area contributed by atoms with Gasteiger partial charge in [0.05, 0.1) is 24.4 Å². The van der Waals surface area contributed by atoms with Crippen LogP contribution in [0.1, 0.15) is 19.4 Å². The second kappa shape index (κ2) is 6.28. The number of methoxy groups -OCH3 is 1. The molecule has 1 aromatic carbocycles. The molecule has 0 radical (unpaired) electrons. The zero-order valence-corrected chi connectivity index (χ0v) is 13.3. The Labute approximate surface area is 134 Å². The molecule has 2 heterocycles. The molecule has 1 fully saturated rings. The van der Waals surface area contributed by atoms with Gasteiger partial charge in [-0.2, -0.15) is 0 Å². The molecule has 1 aliphatic rings. The highest BCUT2D eigenvalue weighted by atomic mass is 16.6. The Kier molecular flexibility index (Phi) is 4.18. The molecule has 7 nitrogen and oxygen atoms in total. The Morgan fingerprint density at radius 2 is 2.26 bits per heavy atom. The minimum Gasteiger partial charge on any atom is -0.490 e. The number of hydrogen-bond donors (Lipinski definition) is 0. The van der Waals surface area contributed by atoms with Gasteiger partial charge in [-0.05, 0) is 24.5 Å². The van der Waals surface area contributed by atoms with Crippen LogP contribution in [0.5, 0.6) is 5.75 Å². The molecule has 2 atom stereocenters. The van der Waals surface area contributed by atoms with Crippen LogP contribution in [0, 0.1) is 16.0 Å². The molecule has 1 aliphatic heterocycles. The van der Waals surface area contributed by atoms with Gasteiger partial charge in [0, 0.05) is 25.5 Å². The van der Waals surface area contributed by atoms with Gasteiger partial charge in [0.2, 0.25) is 0 Å². The van der Waals surface area contributed by atoms with E-state index in [9.17, 15) is 10.1 Å². The number of nitro benzene ring substituents is 1. The van der Waals surface area contributed by atoms with E-state index in [1.165, 1.54) is 7.11 Å². The average molecular weight is 316 g/mol. The zero-order chi connectivity index (χ0) is 16.4. The second-order valence-corrected chi connectivity index (χ2v) is 5.87. The number of ether oxygens (including phenoxy) is 1. The number of nitro groups is 1. The van der Waals surface area contributed by atoms with Crippen LogP contribution in [0.4, 0.5) is 11.4 Å². The Hall–Kier alpha value is -2.57. The van der Waals surface area contributed by atoms with Gasteiger partial charge in [0.25, 0.3) is 0 Å². The van der Waals surface area contributed by atoms with E-state index < -0.39 is 0 Å². The lowest BCUT2D eigenvalue weighted by Gasteiger charge is -2.38. The normalized spacial score (nSPS) is 21.2. The minimum absolute atomic E-state index is 0.0361. The smallest absolute Gasteiger partial charge is 0.333 e. The first kappa shape index (κ1) is 15.3. The predicted molar refractivity (Wildman–Crippen MR) is 86.9 cm³/mol. The van der Waals surface area contributed by atoms with Crippen molar-refractivity contribution in [2.24, 2.45) is 5.92 Å². The van der Waals surface area contributed by atoms with Crippen molar-refractivity contribution in [2.45, 2.75) is 19.4 Å². The predicted octanol–water partition coefficient (Wildman–Crippen LogP) is 2.89. The van der Waals surface area contributed by atoms with Crippen molar-refractivity contribution in [1.29, 1.82) is 0 Å². The molecule has 2 unspecified atom stereocenters. The van der Waals surface area contributed by atoms with Gasteiger partial charge in [-0.25, -0.2) is 4.98 Å². The molecule has 0 amide bonds. The van der Waals surface area contributed by atoms with E-state index in [0.717, 1.165) is 13.0 Å². The summed E-state index contributed by atoms with van der Waals surface area (Å²) in [6, 6.07) is 5.46. The average Bonchev–Trinajstić information content (AvgIpc) is 3.08. The molecule has 1 saturated heterocycles. The molecular weight excluding hydrogens is 296 g/mol. The molecule has 23 heavy (non-hydrogen) atoms. The van der Waals surface area contributed by atoms with Crippen LogP contribution in [-0.2, 0) is 0 Å². The van der Waals surface area contributed by atoms with Crippen LogP contribution in [0.15, 0.2) is 36.9 Å². The number of para-hydroxylation sites is 1. The molecule has 0 N–H and O–H groups in total. The summed E-state index contributed by atoms with van der Waals surface area (Å²) in [7, 11) is 1.46. The van der Waals surface area contributed by atoms with Gasteiger partial charge >= 0.3 is 5.69 Å². The maximum Gasteiger partial charge on any atom is 0.333 e. The minimum atomic E-state index is -0.363. The largest absolute Gasteiger partial charge is 0.490 e. The number of hydrogen-bond acceptors (Lipinski definition) is 5. The molecular formula is C16H20N4O3. The number of nitrogens with zero attached hydrogens (tertiary/aromatic N) is 4. The number of aromatic nitrogens is 2. The molecule has 1 aromatic heterocycles. The Bertz CT molecular complexity index is 687. The monoisotopic (exact) mass is 316 g/mol.